The van der Waals surface area contributed by atoms with Gasteiger partial charge in [-0.3, -0.25) is 9.59 Å². The fourth-order valence-electron chi connectivity index (χ4n) is 1.77. The van der Waals surface area contributed by atoms with Crippen molar-refractivity contribution in [2.45, 2.75) is 0 Å². The maximum absolute atomic E-state index is 11.8. The zero-order valence-electron chi connectivity index (χ0n) is 11.9. The molecule has 0 saturated carbocycles. The third kappa shape index (κ3) is 4.28. The minimum Gasteiger partial charge on any atom is -0.507 e. The molecule has 0 unspecified atom stereocenters. The van der Waals surface area contributed by atoms with Crippen molar-refractivity contribution >= 4 is 29.1 Å². The Bertz CT molecular complexity index is 763. The van der Waals surface area contributed by atoms with Gasteiger partial charge in [-0.25, -0.2) is 4.79 Å². The highest BCUT2D eigenvalue weighted by Gasteiger charge is 2.13. The van der Waals surface area contributed by atoms with Crippen LogP contribution in [0.5, 0.6) is 0 Å². The van der Waals surface area contributed by atoms with E-state index in [9.17, 15) is 19.5 Å². The van der Waals surface area contributed by atoms with E-state index in [4.69, 9.17) is 5.11 Å². The second kappa shape index (κ2) is 7.04. The number of carboxylic acid groups (broad SMARTS) is 1. The van der Waals surface area contributed by atoms with E-state index in [1.807, 2.05) is 0 Å². The van der Waals surface area contributed by atoms with Crippen LogP contribution < -0.4 is 5.32 Å². The number of nitrogens with one attached hydrogen (secondary N) is 1. The molecule has 0 spiro atoms. The Morgan fingerprint density at radius 1 is 0.826 bits per heavy atom. The number of ketones is 1. The molecule has 0 aliphatic heterocycles. The third-order valence-corrected chi connectivity index (χ3v) is 2.95. The standard InChI is InChI=1S/C17H13NO5/c19-14(11-4-2-1-3-5-11)10-15(20)16(21)18-13-8-6-12(7-9-13)17(22)23/h1-10,19H,(H,18,21)(H,22,23). The van der Waals surface area contributed by atoms with Crippen LogP contribution >= 0.6 is 0 Å². The van der Waals surface area contributed by atoms with E-state index in [2.05, 4.69) is 5.32 Å². The summed E-state index contributed by atoms with van der Waals surface area (Å²) >= 11 is 0. The quantitative estimate of drug-likeness (QED) is 0.447. The number of anilines is 1. The van der Waals surface area contributed by atoms with Crippen LogP contribution in [0.25, 0.3) is 5.76 Å². The van der Waals surface area contributed by atoms with Crippen molar-refractivity contribution in [3.63, 3.8) is 0 Å². The van der Waals surface area contributed by atoms with Crippen molar-refractivity contribution in [2.75, 3.05) is 5.32 Å². The number of aliphatic hydroxyl groups excluding tert-OH is 1. The zero-order chi connectivity index (χ0) is 16.8. The van der Waals surface area contributed by atoms with E-state index >= 15 is 0 Å². The second-order valence-electron chi connectivity index (χ2n) is 4.60. The van der Waals surface area contributed by atoms with Crippen molar-refractivity contribution in [2.24, 2.45) is 0 Å². The molecule has 2 rings (SSSR count). The molecule has 2 aromatic carbocycles. The number of rotatable bonds is 5. The van der Waals surface area contributed by atoms with Crippen molar-refractivity contribution in [3.8, 4) is 0 Å². The number of benzene rings is 2. The molecule has 0 saturated heterocycles. The van der Waals surface area contributed by atoms with E-state index in [-0.39, 0.29) is 17.0 Å². The third-order valence-electron chi connectivity index (χ3n) is 2.95. The first-order chi connectivity index (χ1) is 11.0. The number of carboxylic acids is 1. The van der Waals surface area contributed by atoms with E-state index in [1.165, 1.54) is 24.3 Å². The maximum atomic E-state index is 11.8. The van der Waals surface area contributed by atoms with E-state index in [1.54, 1.807) is 30.3 Å². The fourth-order valence-corrected chi connectivity index (χ4v) is 1.77. The molecule has 0 radical (unpaired) electrons. The van der Waals surface area contributed by atoms with Crippen LogP contribution in [0.1, 0.15) is 15.9 Å². The topological polar surface area (TPSA) is 104 Å². The summed E-state index contributed by atoms with van der Waals surface area (Å²) in [6, 6.07) is 13.7. The summed E-state index contributed by atoms with van der Waals surface area (Å²) in [5.74, 6) is -3.26. The predicted octanol–water partition coefficient (Wildman–Crippen LogP) is 2.49. The average Bonchev–Trinajstić information content (AvgIpc) is 2.56. The first kappa shape index (κ1) is 16.0. The highest BCUT2D eigenvalue weighted by Crippen LogP contribution is 2.12. The molecule has 0 bridgehead atoms. The number of amides is 1. The Balaban J connectivity index is 2.05. The van der Waals surface area contributed by atoms with Gasteiger partial charge in [0.15, 0.2) is 0 Å². The molecule has 2 aromatic rings. The van der Waals surface area contributed by atoms with Gasteiger partial charge in [0, 0.05) is 17.3 Å². The number of carbonyl (C=O) groups excluding carboxylic acids is 2. The van der Waals surface area contributed by atoms with Crippen LogP contribution in [0.4, 0.5) is 5.69 Å². The average molecular weight is 311 g/mol. The lowest BCUT2D eigenvalue weighted by molar-refractivity contribution is -0.131. The fraction of sp³-hybridized carbons (Fsp3) is 0. The smallest absolute Gasteiger partial charge is 0.335 e. The number of aromatic carboxylic acids is 1. The van der Waals surface area contributed by atoms with Gasteiger partial charge >= 0.3 is 5.97 Å². The van der Waals surface area contributed by atoms with E-state index in [0.717, 1.165) is 6.08 Å². The second-order valence-corrected chi connectivity index (χ2v) is 4.60. The monoisotopic (exact) mass is 311 g/mol. The largest absolute Gasteiger partial charge is 0.507 e. The molecule has 6 heteroatoms. The molecular formula is C17H13NO5. The molecule has 0 heterocycles. The van der Waals surface area contributed by atoms with Gasteiger partial charge in [-0.2, -0.15) is 0 Å². The minimum absolute atomic E-state index is 0.0657. The Morgan fingerprint density at radius 2 is 1.43 bits per heavy atom. The summed E-state index contributed by atoms with van der Waals surface area (Å²) in [5, 5.41) is 20.9. The van der Waals surface area contributed by atoms with Crippen LogP contribution in [-0.2, 0) is 9.59 Å². The summed E-state index contributed by atoms with van der Waals surface area (Å²) in [6.45, 7) is 0. The molecule has 3 N–H and O–H groups in total. The Hall–Kier alpha value is -3.41. The lowest BCUT2D eigenvalue weighted by atomic mass is 10.1. The highest BCUT2D eigenvalue weighted by molar-refractivity contribution is 6.45. The molecule has 0 fully saturated rings. The van der Waals surface area contributed by atoms with Crippen molar-refractivity contribution in [1.29, 1.82) is 0 Å². The van der Waals surface area contributed by atoms with Crippen LogP contribution in [-0.4, -0.2) is 27.9 Å². The summed E-state index contributed by atoms with van der Waals surface area (Å²) < 4.78 is 0. The van der Waals surface area contributed by atoms with Crippen molar-refractivity contribution in [1.82, 2.24) is 0 Å². The minimum atomic E-state index is -1.09. The first-order valence-electron chi connectivity index (χ1n) is 6.62. The molecule has 0 aromatic heterocycles. The van der Waals surface area contributed by atoms with Gasteiger partial charge in [-0.1, -0.05) is 30.3 Å². The highest BCUT2D eigenvalue weighted by atomic mass is 16.4. The van der Waals surface area contributed by atoms with E-state index < -0.39 is 17.7 Å². The van der Waals surface area contributed by atoms with Gasteiger partial charge in [0.05, 0.1) is 5.56 Å². The van der Waals surface area contributed by atoms with Crippen LogP contribution in [0.3, 0.4) is 0 Å². The summed E-state index contributed by atoms with van der Waals surface area (Å²) in [4.78, 5) is 34.3. The SMILES string of the molecule is O=C(C=C(O)c1ccccc1)C(=O)Nc1ccc(C(=O)O)cc1. The molecule has 0 aliphatic rings. The van der Waals surface area contributed by atoms with Crippen molar-refractivity contribution in [3.05, 3.63) is 71.8 Å². The van der Waals surface area contributed by atoms with Gasteiger partial charge in [0.1, 0.15) is 5.76 Å². The van der Waals surface area contributed by atoms with Crippen LogP contribution in [0.2, 0.25) is 0 Å². The maximum Gasteiger partial charge on any atom is 0.335 e. The molecular weight excluding hydrogens is 298 g/mol. The summed E-state index contributed by atoms with van der Waals surface area (Å²) in [7, 11) is 0. The molecule has 23 heavy (non-hydrogen) atoms. The summed E-state index contributed by atoms with van der Waals surface area (Å²) in [6.07, 6.45) is 0.830. The van der Waals surface area contributed by atoms with Gasteiger partial charge < -0.3 is 15.5 Å². The Labute approximate surface area is 131 Å². The van der Waals surface area contributed by atoms with E-state index in [0.29, 0.717) is 5.56 Å². The van der Waals surface area contributed by atoms with Gasteiger partial charge in [0.2, 0.25) is 5.78 Å². The van der Waals surface area contributed by atoms with Crippen molar-refractivity contribution < 1.29 is 24.6 Å². The number of aliphatic hydroxyl groups is 1. The van der Waals surface area contributed by atoms with Gasteiger partial charge in [-0.05, 0) is 24.3 Å². The van der Waals surface area contributed by atoms with Gasteiger partial charge in [0.25, 0.3) is 5.91 Å². The number of hydrogen-bond donors (Lipinski definition) is 3. The van der Waals surface area contributed by atoms with Crippen LogP contribution in [0, 0.1) is 0 Å². The number of carbonyl (C=O) groups is 3. The first-order valence-corrected chi connectivity index (χ1v) is 6.62. The molecule has 0 aliphatic carbocycles. The Kier molecular flexibility index (Phi) is 4.89. The summed E-state index contributed by atoms with van der Waals surface area (Å²) in [5.41, 5.74) is 0.761. The molecule has 1 amide bonds. The van der Waals surface area contributed by atoms with Gasteiger partial charge in [-0.15, -0.1) is 0 Å². The number of hydrogen-bond acceptors (Lipinski definition) is 4. The van der Waals surface area contributed by atoms with Crippen LogP contribution in [0.15, 0.2) is 60.7 Å². The Morgan fingerprint density at radius 3 is 2.00 bits per heavy atom. The zero-order valence-corrected chi connectivity index (χ0v) is 11.9. The molecule has 6 nitrogen and oxygen atoms in total. The molecule has 0 atom stereocenters. The predicted molar refractivity (Wildman–Crippen MR) is 84.1 cm³/mol. The lowest BCUT2D eigenvalue weighted by Gasteiger charge is -2.04. The molecule has 116 valence electrons. The lowest BCUT2D eigenvalue weighted by Crippen LogP contribution is -2.21. The normalized spacial score (nSPS) is 10.9.